The van der Waals surface area contributed by atoms with Gasteiger partial charge in [0.05, 0.1) is 5.75 Å². The maximum absolute atomic E-state index is 12.3. The minimum Gasteiger partial charge on any atom is -0.492 e. The Labute approximate surface area is 127 Å². The first-order chi connectivity index (χ1) is 9.78. The SMILES string of the molecule is CC1(C)CCN(S(=O)(=O)CCOc2cccc(N)c2)CC1. The van der Waals surface area contributed by atoms with Gasteiger partial charge in [-0.3, -0.25) is 0 Å². The van der Waals surface area contributed by atoms with Crippen molar-refractivity contribution in [2.75, 3.05) is 31.2 Å². The summed E-state index contributed by atoms with van der Waals surface area (Å²) < 4.78 is 31.6. The van der Waals surface area contributed by atoms with Gasteiger partial charge in [0, 0.05) is 24.8 Å². The lowest BCUT2D eigenvalue weighted by Gasteiger charge is -2.36. The molecule has 21 heavy (non-hydrogen) atoms. The number of nitrogens with zero attached hydrogens (tertiary/aromatic N) is 1. The second kappa shape index (κ2) is 6.23. The van der Waals surface area contributed by atoms with E-state index in [0.29, 0.717) is 24.5 Å². The van der Waals surface area contributed by atoms with Crippen molar-refractivity contribution in [3.63, 3.8) is 0 Å². The zero-order valence-electron chi connectivity index (χ0n) is 12.7. The molecule has 0 amide bonds. The molecule has 2 rings (SSSR count). The summed E-state index contributed by atoms with van der Waals surface area (Å²) in [6, 6.07) is 7.01. The second-order valence-corrected chi connectivity index (χ2v) is 8.39. The summed E-state index contributed by atoms with van der Waals surface area (Å²) in [4.78, 5) is 0. The van der Waals surface area contributed by atoms with Gasteiger partial charge in [0.15, 0.2) is 0 Å². The average Bonchev–Trinajstić information content (AvgIpc) is 2.38. The predicted octanol–water partition coefficient (Wildman–Crippen LogP) is 2.10. The molecule has 1 aromatic rings. The first-order valence-corrected chi connectivity index (χ1v) is 8.86. The summed E-state index contributed by atoms with van der Waals surface area (Å²) in [5.74, 6) is 0.604. The van der Waals surface area contributed by atoms with E-state index in [9.17, 15) is 8.42 Å². The van der Waals surface area contributed by atoms with E-state index >= 15 is 0 Å². The summed E-state index contributed by atoms with van der Waals surface area (Å²) >= 11 is 0. The molecule has 2 N–H and O–H groups in total. The highest BCUT2D eigenvalue weighted by Gasteiger charge is 2.31. The Morgan fingerprint density at radius 2 is 1.95 bits per heavy atom. The number of nitrogen functional groups attached to an aromatic ring is 1. The second-order valence-electron chi connectivity index (χ2n) is 6.30. The maximum atomic E-state index is 12.3. The number of piperidine rings is 1. The molecular formula is C15H24N2O3S. The maximum Gasteiger partial charge on any atom is 0.217 e. The zero-order valence-corrected chi connectivity index (χ0v) is 13.5. The van der Waals surface area contributed by atoms with Gasteiger partial charge in [-0.25, -0.2) is 12.7 Å². The van der Waals surface area contributed by atoms with Gasteiger partial charge in [0.2, 0.25) is 10.0 Å². The molecule has 5 nitrogen and oxygen atoms in total. The highest BCUT2D eigenvalue weighted by molar-refractivity contribution is 7.89. The van der Waals surface area contributed by atoms with Crippen LogP contribution in [0.25, 0.3) is 0 Å². The van der Waals surface area contributed by atoms with Gasteiger partial charge in [-0.15, -0.1) is 0 Å². The molecule has 0 bridgehead atoms. The normalized spacial score (nSPS) is 19.3. The Balaban J connectivity index is 1.84. The smallest absolute Gasteiger partial charge is 0.217 e. The number of hydrogen-bond acceptors (Lipinski definition) is 4. The Morgan fingerprint density at radius 3 is 2.57 bits per heavy atom. The molecule has 6 heteroatoms. The van der Waals surface area contributed by atoms with Crippen LogP contribution in [0.4, 0.5) is 5.69 Å². The van der Waals surface area contributed by atoms with Crippen molar-refractivity contribution in [2.45, 2.75) is 26.7 Å². The number of benzene rings is 1. The van der Waals surface area contributed by atoms with E-state index in [4.69, 9.17) is 10.5 Å². The van der Waals surface area contributed by atoms with Crippen LogP contribution in [0.3, 0.4) is 0 Å². The van der Waals surface area contributed by atoms with Gasteiger partial charge in [0.25, 0.3) is 0 Å². The summed E-state index contributed by atoms with van der Waals surface area (Å²) in [5, 5.41) is 0. The molecule has 1 saturated heterocycles. The van der Waals surface area contributed by atoms with Crippen molar-refractivity contribution in [1.29, 1.82) is 0 Å². The fourth-order valence-corrected chi connectivity index (χ4v) is 3.66. The van der Waals surface area contributed by atoms with Gasteiger partial charge < -0.3 is 10.5 Å². The highest BCUT2D eigenvalue weighted by atomic mass is 32.2. The molecule has 0 spiro atoms. The van der Waals surface area contributed by atoms with Crippen LogP contribution < -0.4 is 10.5 Å². The van der Waals surface area contributed by atoms with Crippen molar-refractivity contribution in [3.05, 3.63) is 24.3 Å². The van der Waals surface area contributed by atoms with Crippen LogP contribution >= 0.6 is 0 Å². The summed E-state index contributed by atoms with van der Waals surface area (Å²) in [6.07, 6.45) is 1.81. The molecule has 1 aliphatic rings. The molecule has 1 heterocycles. The molecule has 0 aromatic heterocycles. The van der Waals surface area contributed by atoms with Crippen molar-refractivity contribution in [3.8, 4) is 5.75 Å². The minimum atomic E-state index is -3.24. The molecule has 1 aliphatic heterocycles. The molecule has 0 saturated carbocycles. The molecule has 0 aliphatic carbocycles. The Bertz CT molecular complexity index is 574. The number of anilines is 1. The lowest BCUT2D eigenvalue weighted by molar-refractivity contribution is 0.195. The van der Waals surface area contributed by atoms with Gasteiger partial charge in [-0.2, -0.15) is 0 Å². The van der Waals surface area contributed by atoms with Crippen LogP contribution in [-0.2, 0) is 10.0 Å². The summed E-state index contributed by atoms with van der Waals surface area (Å²) in [5.41, 5.74) is 6.50. The van der Waals surface area contributed by atoms with Crippen LogP contribution in [0.15, 0.2) is 24.3 Å². The van der Waals surface area contributed by atoms with Gasteiger partial charge in [-0.05, 0) is 30.4 Å². The number of hydrogen-bond donors (Lipinski definition) is 1. The highest BCUT2D eigenvalue weighted by Crippen LogP contribution is 2.30. The molecule has 0 radical (unpaired) electrons. The van der Waals surface area contributed by atoms with Crippen molar-refractivity contribution < 1.29 is 13.2 Å². The summed E-state index contributed by atoms with van der Waals surface area (Å²) in [6.45, 7) is 5.71. The van der Waals surface area contributed by atoms with Crippen molar-refractivity contribution in [1.82, 2.24) is 4.31 Å². The van der Waals surface area contributed by atoms with E-state index in [1.54, 1.807) is 28.6 Å². The average molecular weight is 312 g/mol. The number of rotatable bonds is 5. The lowest BCUT2D eigenvalue weighted by atomic mass is 9.83. The Kier molecular flexibility index (Phi) is 4.78. The Morgan fingerprint density at radius 1 is 1.29 bits per heavy atom. The summed E-state index contributed by atoms with van der Waals surface area (Å²) in [7, 11) is -3.24. The quantitative estimate of drug-likeness (QED) is 0.845. The molecular weight excluding hydrogens is 288 g/mol. The largest absolute Gasteiger partial charge is 0.492 e. The molecule has 118 valence electrons. The zero-order chi connectivity index (χ0) is 15.5. The third kappa shape index (κ3) is 4.61. The van der Waals surface area contributed by atoms with Crippen molar-refractivity contribution >= 4 is 15.7 Å². The van der Waals surface area contributed by atoms with E-state index in [2.05, 4.69) is 13.8 Å². The van der Waals surface area contributed by atoms with Gasteiger partial charge >= 0.3 is 0 Å². The van der Waals surface area contributed by atoms with Crippen LogP contribution in [0.2, 0.25) is 0 Å². The van der Waals surface area contributed by atoms with Crippen LogP contribution in [0.1, 0.15) is 26.7 Å². The topological polar surface area (TPSA) is 72.6 Å². The van der Waals surface area contributed by atoms with Crippen molar-refractivity contribution in [2.24, 2.45) is 5.41 Å². The monoisotopic (exact) mass is 312 g/mol. The predicted molar refractivity (Wildman–Crippen MR) is 84.7 cm³/mol. The van der Waals surface area contributed by atoms with E-state index in [1.807, 2.05) is 0 Å². The van der Waals surface area contributed by atoms with E-state index in [-0.39, 0.29) is 17.8 Å². The fourth-order valence-electron chi connectivity index (χ4n) is 2.37. The van der Waals surface area contributed by atoms with E-state index in [0.717, 1.165) is 12.8 Å². The van der Waals surface area contributed by atoms with Gasteiger partial charge in [-0.1, -0.05) is 19.9 Å². The van der Waals surface area contributed by atoms with Crippen LogP contribution in [0, 0.1) is 5.41 Å². The molecule has 1 fully saturated rings. The standard InChI is InChI=1S/C15H24N2O3S/c1-15(2)6-8-17(9-7-15)21(18,19)11-10-20-14-5-3-4-13(16)12-14/h3-5,12H,6-11,16H2,1-2H3. The number of ether oxygens (including phenoxy) is 1. The van der Waals surface area contributed by atoms with Crippen LogP contribution in [-0.4, -0.2) is 38.2 Å². The lowest BCUT2D eigenvalue weighted by Crippen LogP contribution is -2.42. The number of sulfonamides is 1. The van der Waals surface area contributed by atoms with Gasteiger partial charge in [0.1, 0.15) is 12.4 Å². The molecule has 1 aromatic carbocycles. The first kappa shape index (κ1) is 16.1. The first-order valence-electron chi connectivity index (χ1n) is 7.25. The third-order valence-electron chi connectivity index (χ3n) is 3.94. The molecule has 0 unspecified atom stereocenters. The minimum absolute atomic E-state index is 0.00221. The third-order valence-corrected chi connectivity index (χ3v) is 5.77. The van der Waals surface area contributed by atoms with E-state index in [1.165, 1.54) is 0 Å². The number of nitrogens with two attached hydrogens (primary N) is 1. The van der Waals surface area contributed by atoms with E-state index < -0.39 is 10.0 Å². The fraction of sp³-hybridized carbons (Fsp3) is 0.600. The molecule has 0 atom stereocenters. The Hall–Kier alpha value is -1.27. The van der Waals surface area contributed by atoms with Crippen LogP contribution in [0.5, 0.6) is 5.75 Å².